The van der Waals surface area contributed by atoms with Crippen molar-refractivity contribution in [2.45, 2.75) is 30.6 Å². The normalized spacial score (nSPS) is 17.4. The monoisotopic (exact) mass is 391 g/mol. The predicted octanol–water partition coefficient (Wildman–Crippen LogP) is 4.22. The van der Waals surface area contributed by atoms with Crippen LogP contribution in [0.3, 0.4) is 0 Å². The maximum Gasteiger partial charge on any atom is 0.188 e. The highest BCUT2D eigenvalue weighted by Gasteiger charge is 2.21. The smallest absolute Gasteiger partial charge is 0.188 e. The van der Waals surface area contributed by atoms with Crippen molar-refractivity contribution in [2.24, 2.45) is 0 Å². The number of halogens is 1. The number of rotatable bonds is 4. The van der Waals surface area contributed by atoms with Crippen LogP contribution in [0, 0.1) is 0 Å². The summed E-state index contributed by atoms with van der Waals surface area (Å²) in [6.07, 6.45) is 4.80. The van der Waals surface area contributed by atoms with Crippen molar-refractivity contribution in [1.29, 1.82) is 0 Å². The highest BCUT2D eigenvalue weighted by atomic mass is 35.5. The molecule has 3 heterocycles. The van der Waals surface area contributed by atoms with Crippen LogP contribution in [0.5, 0.6) is 5.75 Å². The third-order valence-corrected chi connectivity index (χ3v) is 4.90. The summed E-state index contributed by atoms with van der Waals surface area (Å²) in [4.78, 5) is 13.3. The Balaban J connectivity index is 1.75. The summed E-state index contributed by atoms with van der Waals surface area (Å²) in [6.45, 7) is 0.744. The van der Waals surface area contributed by atoms with Crippen LogP contribution in [0.2, 0.25) is 5.02 Å². The van der Waals surface area contributed by atoms with E-state index in [4.69, 9.17) is 21.1 Å². The summed E-state index contributed by atoms with van der Waals surface area (Å²) in [5.41, 5.74) is 1.98. The number of hydrogen-bond donors (Lipinski definition) is 2. The van der Waals surface area contributed by atoms with E-state index in [1.165, 1.54) is 0 Å². The molecule has 1 aromatic carbocycles. The molecule has 1 unspecified atom stereocenters. The topological polar surface area (TPSA) is 74.1 Å². The fourth-order valence-corrected chi connectivity index (χ4v) is 3.48. The van der Waals surface area contributed by atoms with Gasteiger partial charge < -0.3 is 14.8 Å². The van der Waals surface area contributed by atoms with E-state index in [-0.39, 0.29) is 6.23 Å². The van der Waals surface area contributed by atoms with E-state index in [1.807, 2.05) is 16.7 Å². The standard InChI is InChI=1S/C17H18ClN5O2S/c1-24-11-6-4-5-10(13(11)18)20-15-14-16(22-17(26)21-15)23(9-19-14)12-7-2-3-8-25-12/h4-6,9,12H,2-3,7-8H2,1H3,(H2,20,21,22,26). The minimum atomic E-state index is -0.0651. The summed E-state index contributed by atoms with van der Waals surface area (Å²) in [7, 11) is 1.57. The number of nitrogens with zero attached hydrogens (tertiary/aromatic N) is 4. The van der Waals surface area contributed by atoms with E-state index in [2.05, 4.69) is 32.9 Å². The lowest BCUT2D eigenvalue weighted by Crippen LogP contribution is -2.17. The number of nitrogens with one attached hydrogen (secondary N) is 1. The van der Waals surface area contributed by atoms with Crippen molar-refractivity contribution < 1.29 is 9.47 Å². The molecule has 2 aromatic heterocycles. The summed E-state index contributed by atoms with van der Waals surface area (Å²) < 4.78 is 13.1. The molecule has 1 aliphatic heterocycles. The van der Waals surface area contributed by atoms with Crippen LogP contribution in [0.4, 0.5) is 11.5 Å². The van der Waals surface area contributed by atoms with Gasteiger partial charge in [-0.25, -0.2) is 15.0 Å². The Morgan fingerprint density at radius 2 is 2.23 bits per heavy atom. The zero-order valence-corrected chi connectivity index (χ0v) is 15.8. The summed E-state index contributed by atoms with van der Waals surface area (Å²) in [6, 6.07) is 5.49. The number of hydrogen-bond acceptors (Lipinski definition) is 7. The number of imidazole rings is 1. The van der Waals surface area contributed by atoms with Gasteiger partial charge in [0.25, 0.3) is 0 Å². The molecule has 0 saturated carbocycles. The molecule has 4 rings (SSSR count). The van der Waals surface area contributed by atoms with Gasteiger partial charge in [0, 0.05) is 6.61 Å². The van der Waals surface area contributed by atoms with E-state index >= 15 is 0 Å². The van der Waals surface area contributed by atoms with Crippen LogP contribution in [0.15, 0.2) is 29.7 Å². The molecule has 0 radical (unpaired) electrons. The first kappa shape index (κ1) is 17.4. The van der Waals surface area contributed by atoms with Crippen molar-refractivity contribution in [3.05, 3.63) is 29.5 Å². The second-order valence-corrected chi connectivity index (χ2v) is 6.74. The van der Waals surface area contributed by atoms with Gasteiger partial charge in [-0.3, -0.25) is 4.57 Å². The third kappa shape index (κ3) is 3.20. The molecule has 0 amide bonds. The minimum absolute atomic E-state index is 0.0651. The number of thiol groups is 1. The molecule has 7 nitrogen and oxygen atoms in total. The van der Waals surface area contributed by atoms with Gasteiger partial charge in [-0.15, -0.1) is 12.6 Å². The van der Waals surface area contributed by atoms with Crippen LogP contribution >= 0.6 is 24.2 Å². The Hall–Kier alpha value is -2.03. The molecular formula is C17H18ClN5O2S. The predicted molar refractivity (Wildman–Crippen MR) is 103 cm³/mol. The van der Waals surface area contributed by atoms with Crippen molar-refractivity contribution in [3.8, 4) is 5.75 Å². The van der Waals surface area contributed by atoms with Gasteiger partial charge in [0.2, 0.25) is 0 Å². The van der Waals surface area contributed by atoms with Crippen molar-refractivity contribution in [3.63, 3.8) is 0 Å². The average Bonchev–Trinajstić information content (AvgIpc) is 3.08. The molecule has 0 spiro atoms. The largest absolute Gasteiger partial charge is 0.495 e. The van der Waals surface area contributed by atoms with Gasteiger partial charge >= 0.3 is 0 Å². The Bertz CT molecular complexity index is 942. The number of methoxy groups -OCH3 is 1. The molecule has 136 valence electrons. The van der Waals surface area contributed by atoms with Crippen LogP contribution in [-0.4, -0.2) is 33.2 Å². The molecule has 1 aliphatic rings. The number of ether oxygens (including phenoxy) is 2. The van der Waals surface area contributed by atoms with Crippen LogP contribution in [-0.2, 0) is 4.74 Å². The van der Waals surface area contributed by atoms with Gasteiger partial charge in [-0.05, 0) is 31.4 Å². The first-order valence-corrected chi connectivity index (χ1v) is 9.14. The lowest BCUT2D eigenvalue weighted by Gasteiger charge is -2.23. The highest BCUT2D eigenvalue weighted by molar-refractivity contribution is 7.80. The molecule has 3 aromatic rings. The highest BCUT2D eigenvalue weighted by Crippen LogP contribution is 2.35. The second kappa shape index (κ2) is 7.30. The zero-order valence-electron chi connectivity index (χ0n) is 14.1. The van der Waals surface area contributed by atoms with Crippen LogP contribution in [0.25, 0.3) is 11.2 Å². The van der Waals surface area contributed by atoms with Crippen molar-refractivity contribution >= 4 is 46.9 Å². The average molecular weight is 392 g/mol. The zero-order chi connectivity index (χ0) is 18.1. The maximum atomic E-state index is 6.38. The van der Waals surface area contributed by atoms with Crippen LogP contribution in [0.1, 0.15) is 25.5 Å². The minimum Gasteiger partial charge on any atom is -0.495 e. The lowest BCUT2D eigenvalue weighted by molar-refractivity contribution is -0.0298. The Morgan fingerprint density at radius 1 is 1.35 bits per heavy atom. The van der Waals surface area contributed by atoms with Gasteiger partial charge in [-0.1, -0.05) is 17.7 Å². The first-order chi connectivity index (χ1) is 12.7. The van der Waals surface area contributed by atoms with E-state index in [9.17, 15) is 0 Å². The molecule has 9 heteroatoms. The Kier molecular flexibility index (Phi) is 4.88. The number of fused-ring (bicyclic) bond motifs is 1. The maximum absolute atomic E-state index is 6.38. The van der Waals surface area contributed by atoms with E-state index in [0.717, 1.165) is 25.9 Å². The third-order valence-electron chi connectivity index (χ3n) is 4.31. The number of anilines is 2. The van der Waals surface area contributed by atoms with Gasteiger partial charge in [0.1, 0.15) is 17.0 Å². The first-order valence-electron chi connectivity index (χ1n) is 8.32. The molecular weight excluding hydrogens is 374 g/mol. The Morgan fingerprint density at radius 3 is 3.00 bits per heavy atom. The van der Waals surface area contributed by atoms with E-state index in [1.54, 1.807) is 19.5 Å². The quantitative estimate of drug-likeness (QED) is 0.512. The number of benzene rings is 1. The van der Waals surface area contributed by atoms with Crippen molar-refractivity contribution in [2.75, 3.05) is 19.0 Å². The van der Waals surface area contributed by atoms with Crippen LogP contribution < -0.4 is 10.1 Å². The molecule has 1 saturated heterocycles. The second-order valence-electron chi connectivity index (χ2n) is 5.96. The molecule has 1 N–H and O–H groups in total. The number of aromatic nitrogens is 4. The molecule has 1 fully saturated rings. The molecule has 0 aliphatic carbocycles. The van der Waals surface area contributed by atoms with E-state index in [0.29, 0.717) is 38.6 Å². The van der Waals surface area contributed by atoms with Gasteiger partial charge in [0.15, 0.2) is 22.1 Å². The van der Waals surface area contributed by atoms with Gasteiger partial charge in [-0.2, -0.15) is 0 Å². The molecule has 1 atom stereocenters. The molecule has 0 bridgehead atoms. The summed E-state index contributed by atoms with van der Waals surface area (Å²) in [5.74, 6) is 1.11. The summed E-state index contributed by atoms with van der Waals surface area (Å²) in [5, 5.41) is 4.03. The Labute approximate surface area is 161 Å². The van der Waals surface area contributed by atoms with E-state index < -0.39 is 0 Å². The SMILES string of the molecule is COc1cccc(Nc2nc(S)nc3c2ncn3C2CCCCO2)c1Cl. The van der Waals surface area contributed by atoms with Gasteiger partial charge in [0.05, 0.1) is 19.1 Å². The fourth-order valence-electron chi connectivity index (χ4n) is 3.04. The lowest BCUT2D eigenvalue weighted by atomic mass is 10.2. The fraction of sp³-hybridized carbons (Fsp3) is 0.353. The van der Waals surface area contributed by atoms with Crippen molar-refractivity contribution in [1.82, 2.24) is 19.5 Å². The summed E-state index contributed by atoms with van der Waals surface area (Å²) >= 11 is 10.7. The molecule has 26 heavy (non-hydrogen) atoms.